The van der Waals surface area contributed by atoms with Crippen molar-refractivity contribution in [1.82, 2.24) is 20.3 Å². The van der Waals surface area contributed by atoms with Crippen LogP contribution in [0.15, 0.2) is 24.4 Å². The van der Waals surface area contributed by atoms with Crippen LogP contribution in [0.25, 0.3) is 0 Å². The Balaban J connectivity index is 2.02. The van der Waals surface area contributed by atoms with E-state index < -0.39 is 5.82 Å². The monoisotopic (exact) mass is 297 g/mol. The summed E-state index contributed by atoms with van der Waals surface area (Å²) in [6.07, 6.45) is 1.65. The summed E-state index contributed by atoms with van der Waals surface area (Å²) in [5.74, 6) is -0.743. The lowest BCUT2D eigenvalue weighted by atomic mass is 10.2. The predicted octanol–water partition coefficient (Wildman–Crippen LogP) is 0.694. The first-order valence-corrected chi connectivity index (χ1v) is 6.26. The molecule has 0 bridgehead atoms. The maximum atomic E-state index is 13.3. The molecule has 1 heterocycles. The van der Waals surface area contributed by atoms with Gasteiger partial charge in [0.05, 0.1) is 30.9 Å². The zero-order chi connectivity index (χ0) is 14.5. The van der Waals surface area contributed by atoms with E-state index in [9.17, 15) is 9.18 Å². The molecule has 0 aliphatic carbocycles. The number of carbonyl (C=O) groups excluding carboxylic acids is 1. The summed E-state index contributed by atoms with van der Waals surface area (Å²) >= 11 is 5.86. The molecule has 3 N–H and O–H groups in total. The van der Waals surface area contributed by atoms with Gasteiger partial charge in [0.2, 0.25) is 5.91 Å². The Kier molecular flexibility index (Phi) is 4.65. The van der Waals surface area contributed by atoms with Crippen molar-refractivity contribution in [3.05, 3.63) is 46.5 Å². The van der Waals surface area contributed by atoms with Gasteiger partial charge in [0.25, 0.3) is 0 Å². The van der Waals surface area contributed by atoms with Gasteiger partial charge in [-0.3, -0.25) is 4.79 Å². The minimum Gasteiger partial charge on any atom is -0.349 e. The number of benzene rings is 1. The number of nitrogens with one attached hydrogen (secondary N) is 1. The Bertz CT molecular complexity index is 616. The Morgan fingerprint density at radius 2 is 2.30 bits per heavy atom. The Morgan fingerprint density at radius 1 is 1.50 bits per heavy atom. The van der Waals surface area contributed by atoms with Gasteiger partial charge < -0.3 is 11.1 Å². The van der Waals surface area contributed by atoms with Gasteiger partial charge >= 0.3 is 0 Å². The molecule has 0 unspecified atom stereocenters. The third-order valence-electron chi connectivity index (χ3n) is 2.60. The van der Waals surface area contributed by atoms with Crippen molar-refractivity contribution in [2.75, 3.05) is 6.54 Å². The van der Waals surface area contributed by atoms with Gasteiger partial charge in [-0.05, 0) is 11.6 Å². The van der Waals surface area contributed by atoms with Gasteiger partial charge in [-0.2, -0.15) is 0 Å². The van der Waals surface area contributed by atoms with E-state index in [0.29, 0.717) is 17.8 Å². The van der Waals surface area contributed by atoms with Gasteiger partial charge in [0.15, 0.2) is 0 Å². The van der Waals surface area contributed by atoms with Crippen LogP contribution in [0.1, 0.15) is 11.3 Å². The number of nitrogens with two attached hydrogens (primary N) is 1. The van der Waals surface area contributed by atoms with Gasteiger partial charge in [0, 0.05) is 0 Å². The van der Waals surface area contributed by atoms with E-state index in [0.717, 1.165) is 0 Å². The summed E-state index contributed by atoms with van der Waals surface area (Å²) in [5.41, 5.74) is 6.36. The van der Waals surface area contributed by atoms with E-state index >= 15 is 0 Å². The topological polar surface area (TPSA) is 85.8 Å². The molecule has 0 saturated carbocycles. The predicted molar refractivity (Wildman–Crippen MR) is 71.4 cm³/mol. The SMILES string of the molecule is NCC(=O)NCc1cn(Cc2cccc(F)c2Cl)nn1. The van der Waals surface area contributed by atoms with Crippen molar-refractivity contribution in [2.24, 2.45) is 5.73 Å². The summed E-state index contributed by atoms with van der Waals surface area (Å²) in [5, 5.41) is 10.4. The molecular formula is C12H13ClFN5O. The molecule has 0 aliphatic rings. The molecule has 0 atom stereocenters. The molecule has 0 radical (unpaired) electrons. The summed E-state index contributed by atoms with van der Waals surface area (Å²) in [6, 6.07) is 4.58. The Morgan fingerprint density at radius 3 is 3.05 bits per heavy atom. The molecule has 0 fully saturated rings. The maximum Gasteiger partial charge on any atom is 0.234 e. The van der Waals surface area contributed by atoms with Crippen molar-refractivity contribution < 1.29 is 9.18 Å². The third-order valence-corrected chi connectivity index (χ3v) is 3.03. The summed E-state index contributed by atoms with van der Waals surface area (Å²) in [4.78, 5) is 11.0. The van der Waals surface area contributed by atoms with E-state index in [1.807, 2.05) is 0 Å². The molecule has 1 aromatic heterocycles. The number of halogens is 2. The highest BCUT2D eigenvalue weighted by atomic mass is 35.5. The zero-order valence-corrected chi connectivity index (χ0v) is 11.3. The highest BCUT2D eigenvalue weighted by Crippen LogP contribution is 2.20. The normalized spacial score (nSPS) is 10.6. The van der Waals surface area contributed by atoms with Crippen molar-refractivity contribution >= 4 is 17.5 Å². The van der Waals surface area contributed by atoms with Crippen LogP contribution >= 0.6 is 11.6 Å². The Labute approximate surface area is 119 Å². The molecule has 2 aromatic rings. The maximum absolute atomic E-state index is 13.3. The molecule has 0 aliphatic heterocycles. The summed E-state index contributed by atoms with van der Waals surface area (Å²) < 4.78 is 14.8. The van der Waals surface area contributed by atoms with Gasteiger partial charge in [-0.15, -0.1) is 5.10 Å². The highest BCUT2D eigenvalue weighted by molar-refractivity contribution is 6.31. The minimum atomic E-state index is -0.472. The second-order valence-corrected chi connectivity index (χ2v) is 4.48. The summed E-state index contributed by atoms with van der Waals surface area (Å²) in [7, 11) is 0. The van der Waals surface area contributed by atoms with Crippen LogP contribution in [0.3, 0.4) is 0 Å². The summed E-state index contributed by atoms with van der Waals surface area (Å²) in [6.45, 7) is 0.467. The average Bonchev–Trinajstić information content (AvgIpc) is 2.89. The van der Waals surface area contributed by atoms with Crippen LogP contribution < -0.4 is 11.1 Å². The molecule has 2 rings (SSSR count). The molecule has 1 amide bonds. The van der Waals surface area contributed by atoms with Crippen molar-refractivity contribution in [3.63, 3.8) is 0 Å². The minimum absolute atomic E-state index is 0.0704. The smallest absolute Gasteiger partial charge is 0.234 e. The van der Waals surface area contributed by atoms with Gasteiger partial charge in [-0.25, -0.2) is 9.07 Å². The van der Waals surface area contributed by atoms with Crippen molar-refractivity contribution in [2.45, 2.75) is 13.1 Å². The third kappa shape index (κ3) is 3.52. The van der Waals surface area contributed by atoms with Crippen LogP contribution in [0.5, 0.6) is 0 Å². The molecule has 8 heteroatoms. The first-order chi connectivity index (χ1) is 9.60. The fraction of sp³-hybridized carbons (Fsp3) is 0.250. The second-order valence-electron chi connectivity index (χ2n) is 4.10. The van der Waals surface area contributed by atoms with Crippen LogP contribution in [0, 0.1) is 5.82 Å². The number of hydrogen-bond acceptors (Lipinski definition) is 4. The fourth-order valence-electron chi connectivity index (χ4n) is 1.60. The lowest BCUT2D eigenvalue weighted by Gasteiger charge is -2.04. The van der Waals surface area contributed by atoms with Crippen LogP contribution in [-0.4, -0.2) is 27.4 Å². The average molecular weight is 298 g/mol. The standard InChI is InChI=1S/C12H13ClFN5O/c13-12-8(2-1-3-10(12)14)6-19-7-9(17-18-19)5-16-11(20)4-15/h1-3,7H,4-6,15H2,(H,16,20). The lowest BCUT2D eigenvalue weighted by Crippen LogP contribution is -2.29. The number of amides is 1. The van der Waals surface area contributed by atoms with Gasteiger partial charge in [-0.1, -0.05) is 28.9 Å². The molecule has 0 spiro atoms. The molecule has 1 aromatic carbocycles. The van der Waals surface area contributed by atoms with Crippen molar-refractivity contribution in [3.8, 4) is 0 Å². The zero-order valence-electron chi connectivity index (χ0n) is 10.5. The molecule has 20 heavy (non-hydrogen) atoms. The van der Waals surface area contributed by atoms with E-state index in [-0.39, 0.29) is 24.0 Å². The molecular weight excluding hydrogens is 285 g/mol. The van der Waals surface area contributed by atoms with E-state index in [2.05, 4.69) is 15.6 Å². The number of carbonyl (C=O) groups is 1. The van der Waals surface area contributed by atoms with E-state index in [1.165, 1.54) is 10.7 Å². The number of rotatable bonds is 5. The molecule has 0 saturated heterocycles. The first-order valence-electron chi connectivity index (χ1n) is 5.89. The van der Waals surface area contributed by atoms with Crippen LogP contribution in [0.4, 0.5) is 4.39 Å². The number of aromatic nitrogens is 3. The highest BCUT2D eigenvalue weighted by Gasteiger charge is 2.08. The van der Waals surface area contributed by atoms with Gasteiger partial charge in [0.1, 0.15) is 11.5 Å². The number of nitrogens with zero attached hydrogens (tertiary/aromatic N) is 3. The quantitative estimate of drug-likeness (QED) is 0.850. The largest absolute Gasteiger partial charge is 0.349 e. The second kappa shape index (κ2) is 6.44. The lowest BCUT2D eigenvalue weighted by molar-refractivity contribution is -0.119. The van der Waals surface area contributed by atoms with E-state index in [1.54, 1.807) is 18.3 Å². The van der Waals surface area contributed by atoms with E-state index in [4.69, 9.17) is 17.3 Å². The molecule has 6 nitrogen and oxygen atoms in total. The Hall–Kier alpha value is -1.99. The van der Waals surface area contributed by atoms with Crippen LogP contribution in [0.2, 0.25) is 5.02 Å². The number of hydrogen-bond donors (Lipinski definition) is 2. The first kappa shape index (κ1) is 14.4. The fourth-order valence-corrected chi connectivity index (χ4v) is 1.79. The molecule has 106 valence electrons. The van der Waals surface area contributed by atoms with Crippen LogP contribution in [-0.2, 0) is 17.9 Å². The van der Waals surface area contributed by atoms with Crippen molar-refractivity contribution in [1.29, 1.82) is 0 Å².